The second kappa shape index (κ2) is 5.75. The van der Waals surface area contributed by atoms with Gasteiger partial charge < -0.3 is 11.1 Å². The van der Waals surface area contributed by atoms with Gasteiger partial charge in [-0.05, 0) is 31.7 Å². The minimum Gasteiger partial charge on any atom is -0.330 e. The highest BCUT2D eigenvalue weighted by molar-refractivity contribution is 7.11. The zero-order valence-electron chi connectivity index (χ0n) is 9.91. The molecule has 3 nitrogen and oxygen atoms in total. The van der Waals surface area contributed by atoms with Crippen molar-refractivity contribution in [1.82, 2.24) is 10.3 Å². The first-order valence-electron chi connectivity index (χ1n) is 6.20. The van der Waals surface area contributed by atoms with Crippen molar-refractivity contribution in [2.75, 3.05) is 6.54 Å². The van der Waals surface area contributed by atoms with Gasteiger partial charge in [0.05, 0.1) is 0 Å². The first-order chi connectivity index (χ1) is 7.83. The summed E-state index contributed by atoms with van der Waals surface area (Å²) in [5.74, 6) is 0.672. The first kappa shape index (κ1) is 12.0. The van der Waals surface area contributed by atoms with E-state index in [0.29, 0.717) is 12.0 Å². The number of nitrogens with one attached hydrogen (secondary N) is 1. The molecule has 16 heavy (non-hydrogen) atoms. The first-order valence-corrected chi connectivity index (χ1v) is 7.02. The Morgan fingerprint density at radius 1 is 1.56 bits per heavy atom. The molecule has 4 heteroatoms. The molecule has 0 spiro atoms. The summed E-state index contributed by atoms with van der Waals surface area (Å²) in [5.41, 5.74) is 5.77. The quantitative estimate of drug-likeness (QED) is 0.825. The molecular weight excluding hydrogens is 218 g/mol. The summed E-state index contributed by atoms with van der Waals surface area (Å²) in [6, 6.07) is 0.610. The van der Waals surface area contributed by atoms with Gasteiger partial charge in [0.25, 0.3) is 0 Å². The Balaban J connectivity index is 1.82. The predicted molar refractivity (Wildman–Crippen MR) is 68.5 cm³/mol. The van der Waals surface area contributed by atoms with Gasteiger partial charge >= 0.3 is 0 Å². The third-order valence-corrected chi connectivity index (χ3v) is 4.57. The Morgan fingerprint density at radius 3 is 3.12 bits per heavy atom. The summed E-state index contributed by atoms with van der Waals surface area (Å²) >= 11 is 1.82. The third kappa shape index (κ3) is 2.81. The molecule has 1 aromatic heterocycles. The van der Waals surface area contributed by atoms with E-state index in [0.717, 1.165) is 19.5 Å². The molecule has 1 aliphatic rings. The van der Waals surface area contributed by atoms with Crippen LogP contribution in [-0.2, 0) is 13.0 Å². The van der Waals surface area contributed by atoms with Gasteiger partial charge in [-0.3, -0.25) is 0 Å². The van der Waals surface area contributed by atoms with Crippen molar-refractivity contribution in [3.05, 3.63) is 16.1 Å². The molecule has 0 saturated heterocycles. The number of aryl methyl sites for hydroxylation is 1. The van der Waals surface area contributed by atoms with E-state index in [1.807, 2.05) is 17.5 Å². The van der Waals surface area contributed by atoms with Crippen LogP contribution in [0.4, 0.5) is 0 Å². The van der Waals surface area contributed by atoms with Gasteiger partial charge in [0.1, 0.15) is 5.01 Å². The molecule has 1 heterocycles. The maximum atomic E-state index is 5.77. The lowest BCUT2D eigenvalue weighted by atomic mass is 10.0. The van der Waals surface area contributed by atoms with Crippen LogP contribution in [0, 0.1) is 5.92 Å². The van der Waals surface area contributed by atoms with E-state index in [2.05, 4.69) is 17.2 Å². The Bertz CT molecular complexity index is 324. The van der Waals surface area contributed by atoms with Crippen LogP contribution in [0.25, 0.3) is 0 Å². The monoisotopic (exact) mass is 239 g/mol. The lowest BCUT2D eigenvalue weighted by Gasteiger charge is -2.18. The number of hydrogen-bond donors (Lipinski definition) is 2. The van der Waals surface area contributed by atoms with Gasteiger partial charge in [0, 0.05) is 23.7 Å². The fraction of sp³-hybridized carbons (Fsp3) is 0.750. The fourth-order valence-corrected chi connectivity index (χ4v) is 3.21. The maximum Gasteiger partial charge on any atom is 0.107 e. The van der Waals surface area contributed by atoms with E-state index in [1.165, 1.54) is 29.1 Å². The van der Waals surface area contributed by atoms with E-state index in [9.17, 15) is 0 Å². The predicted octanol–water partition coefficient (Wildman–Crippen LogP) is 1.92. The minimum atomic E-state index is 0.610. The van der Waals surface area contributed by atoms with Crippen LogP contribution in [-0.4, -0.2) is 17.6 Å². The van der Waals surface area contributed by atoms with Gasteiger partial charge in [0.15, 0.2) is 0 Å². The van der Waals surface area contributed by atoms with Crippen molar-refractivity contribution < 1.29 is 0 Å². The summed E-state index contributed by atoms with van der Waals surface area (Å²) < 4.78 is 0. The zero-order valence-corrected chi connectivity index (χ0v) is 10.7. The second-order valence-corrected chi connectivity index (χ2v) is 5.69. The van der Waals surface area contributed by atoms with Crippen molar-refractivity contribution in [3.8, 4) is 0 Å². The Morgan fingerprint density at radius 2 is 2.44 bits per heavy atom. The molecule has 1 fully saturated rings. The highest BCUT2D eigenvalue weighted by atomic mass is 32.1. The van der Waals surface area contributed by atoms with Crippen LogP contribution in [0.3, 0.4) is 0 Å². The van der Waals surface area contributed by atoms with E-state index < -0.39 is 0 Å². The standard InChI is InChI=1S/C12H21N3S/c1-2-10-7-15-12(16-10)8-14-11-5-3-4-9(11)6-13/h7,9,11,14H,2-6,8,13H2,1H3. The molecular formula is C12H21N3S. The van der Waals surface area contributed by atoms with Crippen LogP contribution in [0.15, 0.2) is 6.20 Å². The summed E-state index contributed by atoms with van der Waals surface area (Å²) in [4.78, 5) is 5.80. The normalized spacial score (nSPS) is 25.1. The molecule has 0 bridgehead atoms. The third-order valence-electron chi connectivity index (χ3n) is 3.43. The van der Waals surface area contributed by atoms with Crippen molar-refractivity contribution in [2.45, 2.75) is 45.2 Å². The summed E-state index contributed by atoms with van der Waals surface area (Å²) in [7, 11) is 0. The molecule has 90 valence electrons. The molecule has 1 aliphatic carbocycles. The van der Waals surface area contributed by atoms with Gasteiger partial charge in [0.2, 0.25) is 0 Å². The molecule has 0 aromatic carbocycles. The van der Waals surface area contributed by atoms with Gasteiger partial charge in [-0.15, -0.1) is 11.3 Å². The van der Waals surface area contributed by atoms with Crippen LogP contribution in [0.2, 0.25) is 0 Å². The summed E-state index contributed by atoms with van der Waals surface area (Å²) in [6.07, 6.45) is 6.96. The Hall–Kier alpha value is -0.450. The molecule has 2 atom stereocenters. The number of thiazole rings is 1. The highest BCUT2D eigenvalue weighted by Gasteiger charge is 2.25. The molecule has 3 N–H and O–H groups in total. The molecule has 2 unspecified atom stereocenters. The molecule has 0 radical (unpaired) electrons. The number of hydrogen-bond acceptors (Lipinski definition) is 4. The number of nitrogens with zero attached hydrogens (tertiary/aromatic N) is 1. The maximum absolute atomic E-state index is 5.77. The number of aromatic nitrogens is 1. The van der Waals surface area contributed by atoms with Crippen molar-refractivity contribution in [1.29, 1.82) is 0 Å². The minimum absolute atomic E-state index is 0.610. The molecule has 0 aliphatic heterocycles. The smallest absolute Gasteiger partial charge is 0.107 e. The number of nitrogens with two attached hydrogens (primary N) is 1. The van der Waals surface area contributed by atoms with E-state index in [-0.39, 0.29) is 0 Å². The lowest BCUT2D eigenvalue weighted by Crippen LogP contribution is -2.35. The average molecular weight is 239 g/mol. The molecule has 1 saturated carbocycles. The van der Waals surface area contributed by atoms with Crippen LogP contribution >= 0.6 is 11.3 Å². The van der Waals surface area contributed by atoms with Crippen LogP contribution in [0.1, 0.15) is 36.1 Å². The Kier molecular flexibility index (Phi) is 4.32. The summed E-state index contributed by atoms with van der Waals surface area (Å²) in [5, 5.41) is 4.81. The zero-order chi connectivity index (χ0) is 11.4. The summed E-state index contributed by atoms with van der Waals surface area (Å²) in [6.45, 7) is 3.90. The van der Waals surface area contributed by atoms with Gasteiger partial charge in [-0.2, -0.15) is 0 Å². The van der Waals surface area contributed by atoms with Crippen molar-refractivity contribution in [3.63, 3.8) is 0 Å². The SMILES string of the molecule is CCc1cnc(CNC2CCCC2CN)s1. The average Bonchev–Trinajstić information content (AvgIpc) is 2.94. The second-order valence-electron chi connectivity index (χ2n) is 4.49. The molecule has 1 aromatic rings. The largest absolute Gasteiger partial charge is 0.330 e. The molecule has 2 rings (SSSR count). The topological polar surface area (TPSA) is 50.9 Å². The van der Waals surface area contributed by atoms with E-state index in [4.69, 9.17) is 5.73 Å². The van der Waals surface area contributed by atoms with Gasteiger partial charge in [-0.25, -0.2) is 4.98 Å². The van der Waals surface area contributed by atoms with Crippen LogP contribution in [0.5, 0.6) is 0 Å². The van der Waals surface area contributed by atoms with Crippen molar-refractivity contribution in [2.24, 2.45) is 11.7 Å². The Labute approximate surface area is 101 Å². The highest BCUT2D eigenvalue weighted by Crippen LogP contribution is 2.25. The van der Waals surface area contributed by atoms with E-state index in [1.54, 1.807) is 0 Å². The van der Waals surface area contributed by atoms with Crippen molar-refractivity contribution >= 4 is 11.3 Å². The van der Waals surface area contributed by atoms with E-state index >= 15 is 0 Å². The van der Waals surface area contributed by atoms with Crippen LogP contribution < -0.4 is 11.1 Å². The number of rotatable bonds is 5. The molecule has 0 amide bonds. The lowest BCUT2D eigenvalue weighted by molar-refractivity contribution is 0.406. The fourth-order valence-electron chi connectivity index (χ4n) is 2.40. The van der Waals surface area contributed by atoms with Gasteiger partial charge in [-0.1, -0.05) is 13.3 Å².